The molecular weight excluding hydrogens is 510 g/mol. The summed E-state index contributed by atoms with van der Waals surface area (Å²) in [5, 5.41) is 24.6. The zero-order chi connectivity index (χ0) is 27.9. The number of hydrogen-bond acceptors (Lipinski definition) is 7. The van der Waals surface area contributed by atoms with Crippen molar-refractivity contribution in [2.45, 2.75) is 5.54 Å². The van der Waals surface area contributed by atoms with Crippen LogP contribution in [0.3, 0.4) is 0 Å². The maximum absolute atomic E-state index is 13.5. The van der Waals surface area contributed by atoms with E-state index in [1.165, 1.54) is 16.7 Å². The van der Waals surface area contributed by atoms with Gasteiger partial charge in [0.25, 0.3) is 11.8 Å². The molecule has 0 saturated carbocycles. The third kappa shape index (κ3) is 4.15. The Bertz CT molecular complexity index is 1530. The van der Waals surface area contributed by atoms with Gasteiger partial charge in [-0.15, -0.1) is 0 Å². The van der Waals surface area contributed by atoms with Crippen molar-refractivity contribution in [1.82, 2.24) is 20.1 Å². The molecule has 40 heavy (non-hydrogen) atoms. The zero-order valence-corrected chi connectivity index (χ0v) is 21.4. The Kier molecular flexibility index (Phi) is 6.24. The number of rotatable bonds is 5. The van der Waals surface area contributed by atoms with Crippen LogP contribution in [0.25, 0.3) is 16.8 Å². The van der Waals surface area contributed by atoms with E-state index in [1.807, 2.05) is 59.5 Å². The lowest BCUT2D eigenvalue weighted by Gasteiger charge is -2.47. The molecule has 1 aromatic heterocycles. The van der Waals surface area contributed by atoms with E-state index in [1.54, 1.807) is 24.3 Å². The molecule has 2 fully saturated rings. The summed E-state index contributed by atoms with van der Waals surface area (Å²) in [6, 6.07) is 26.5. The molecule has 0 aliphatic carbocycles. The summed E-state index contributed by atoms with van der Waals surface area (Å²) in [6.45, 7) is 1.82. The molecule has 4 amide bonds. The molecule has 6 rings (SSSR count). The summed E-state index contributed by atoms with van der Waals surface area (Å²) < 4.78 is 1.33. The van der Waals surface area contributed by atoms with Gasteiger partial charge in [-0.25, -0.2) is 4.79 Å². The molecule has 3 aromatic carbocycles. The van der Waals surface area contributed by atoms with Gasteiger partial charge in [0.15, 0.2) is 11.8 Å². The largest absolute Gasteiger partial charge is 0.494 e. The SMILES string of the molecule is O=C1NC(=O)C(c2ccc(-c3ccccc3)cc2)(N2CCN(c3ccc(-n4c(O)ccc4O)cc3)CC2)C(=O)N1. The summed E-state index contributed by atoms with van der Waals surface area (Å²) in [7, 11) is 0. The Labute approximate surface area is 230 Å². The molecule has 3 heterocycles. The first-order chi connectivity index (χ1) is 19.4. The van der Waals surface area contributed by atoms with Crippen LogP contribution in [-0.2, 0) is 15.1 Å². The van der Waals surface area contributed by atoms with E-state index in [4.69, 9.17) is 0 Å². The van der Waals surface area contributed by atoms with Crippen LogP contribution in [0.1, 0.15) is 5.56 Å². The van der Waals surface area contributed by atoms with E-state index in [9.17, 15) is 24.6 Å². The first kappa shape index (κ1) is 25.2. The third-order valence-corrected chi connectivity index (χ3v) is 7.59. The number of piperazine rings is 1. The second-order valence-electron chi connectivity index (χ2n) is 9.77. The number of aromatic hydroxyl groups is 2. The number of carbonyl (C=O) groups is 3. The molecule has 10 nitrogen and oxygen atoms in total. The molecule has 10 heteroatoms. The number of amides is 4. The van der Waals surface area contributed by atoms with Crippen molar-refractivity contribution in [1.29, 1.82) is 0 Å². The average Bonchev–Trinajstić information content (AvgIpc) is 3.31. The van der Waals surface area contributed by atoms with E-state index in [0.29, 0.717) is 37.4 Å². The van der Waals surface area contributed by atoms with Crippen molar-refractivity contribution in [2.24, 2.45) is 0 Å². The fourth-order valence-electron chi connectivity index (χ4n) is 5.58. The molecule has 0 atom stereocenters. The Morgan fingerprint density at radius 1 is 0.600 bits per heavy atom. The van der Waals surface area contributed by atoms with E-state index < -0.39 is 23.4 Å². The normalized spacial score (nSPS) is 17.4. The quantitative estimate of drug-likeness (QED) is 0.288. The van der Waals surface area contributed by atoms with Crippen LogP contribution in [0.5, 0.6) is 11.8 Å². The maximum atomic E-state index is 13.5. The zero-order valence-electron chi connectivity index (χ0n) is 21.4. The summed E-state index contributed by atoms with van der Waals surface area (Å²) in [5.74, 6) is -1.47. The molecule has 0 bridgehead atoms. The van der Waals surface area contributed by atoms with Crippen LogP contribution in [0.4, 0.5) is 10.5 Å². The smallest absolute Gasteiger partial charge is 0.328 e. The molecule has 2 saturated heterocycles. The van der Waals surface area contributed by atoms with Crippen molar-refractivity contribution >= 4 is 23.5 Å². The number of nitrogens with one attached hydrogen (secondary N) is 2. The number of barbiturate groups is 1. The van der Waals surface area contributed by atoms with Crippen LogP contribution < -0.4 is 15.5 Å². The predicted molar refractivity (Wildman–Crippen MR) is 148 cm³/mol. The van der Waals surface area contributed by atoms with Gasteiger partial charge in [0, 0.05) is 44.0 Å². The molecule has 2 aliphatic heterocycles. The topological polar surface area (TPSA) is 127 Å². The van der Waals surface area contributed by atoms with E-state index in [2.05, 4.69) is 15.5 Å². The highest BCUT2D eigenvalue weighted by molar-refractivity contribution is 6.22. The molecule has 0 radical (unpaired) electrons. The lowest BCUT2D eigenvalue weighted by Crippen LogP contribution is -2.73. The summed E-state index contributed by atoms with van der Waals surface area (Å²) >= 11 is 0. The van der Waals surface area contributed by atoms with Gasteiger partial charge in [-0.1, -0.05) is 54.6 Å². The van der Waals surface area contributed by atoms with E-state index in [0.717, 1.165) is 16.8 Å². The Balaban J connectivity index is 1.26. The Morgan fingerprint density at radius 2 is 1.12 bits per heavy atom. The molecule has 4 aromatic rings. The van der Waals surface area contributed by atoms with Crippen molar-refractivity contribution in [3.05, 3.63) is 96.6 Å². The number of benzene rings is 3. The maximum Gasteiger partial charge on any atom is 0.328 e. The third-order valence-electron chi connectivity index (χ3n) is 7.59. The number of imide groups is 2. The average molecular weight is 538 g/mol. The summed E-state index contributed by atoms with van der Waals surface area (Å²) in [5.41, 5.74) is 2.28. The van der Waals surface area contributed by atoms with Crippen LogP contribution in [0.2, 0.25) is 0 Å². The molecule has 4 N–H and O–H groups in total. The van der Waals surface area contributed by atoms with E-state index in [-0.39, 0.29) is 11.8 Å². The molecule has 0 spiro atoms. The van der Waals surface area contributed by atoms with Gasteiger partial charge < -0.3 is 15.1 Å². The second kappa shape index (κ2) is 9.90. The highest BCUT2D eigenvalue weighted by Gasteiger charge is 2.56. The molecular formula is C30H27N5O5. The summed E-state index contributed by atoms with van der Waals surface area (Å²) in [4.78, 5) is 42.9. The Morgan fingerprint density at radius 3 is 1.70 bits per heavy atom. The molecule has 0 unspecified atom stereocenters. The first-order valence-electron chi connectivity index (χ1n) is 12.9. The second-order valence-corrected chi connectivity index (χ2v) is 9.77. The standard InChI is InChI=1S/C30H27N5O5/c36-25-14-15-26(37)35(25)24-12-10-23(11-13-24)33-16-18-34(19-17-33)30(27(38)31-29(40)32-28(30)39)22-8-6-21(7-9-22)20-4-2-1-3-5-20/h1-15,36-37H,16-19H2,(H2,31,32,38,39,40). The van der Waals surface area contributed by atoms with Gasteiger partial charge in [0.2, 0.25) is 5.54 Å². The van der Waals surface area contributed by atoms with Crippen molar-refractivity contribution in [3.63, 3.8) is 0 Å². The number of urea groups is 1. The van der Waals surface area contributed by atoms with Gasteiger partial charge >= 0.3 is 6.03 Å². The predicted octanol–water partition coefficient (Wildman–Crippen LogP) is 2.94. The number of hydrogen-bond donors (Lipinski definition) is 4. The fourth-order valence-corrected chi connectivity index (χ4v) is 5.58. The fraction of sp³-hybridized carbons (Fsp3) is 0.167. The van der Waals surface area contributed by atoms with Crippen LogP contribution in [0, 0.1) is 0 Å². The number of aromatic nitrogens is 1. The van der Waals surface area contributed by atoms with Crippen LogP contribution >= 0.6 is 0 Å². The molecule has 202 valence electrons. The highest BCUT2D eigenvalue weighted by atomic mass is 16.3. The van der Waals surface area contributed by atoms with Gasteiger partial charge in [0.1, 0.15) is 0 Å². The monoisotopic (exact) mass is 537 g/mol. The summed E-state index contributed by atoms with van der Waals surface area (Å²) in [6.07, 6.45) is 0. The minimum absolute atomic E-state index is 0.0662. The minimum atomic E-state index is -1.69. The number of carbonyl (C=O) groups excluding carboxylic acids is 3. The first-order valence-corrected chi connectivity index (χ1v) is 12.9. The van der Waals surface area contributed by atoms with Crippen molar-refractivity contribution < 1.29 is 24.6 Å². The number of anilines is 1. The lowest BCUT2D eigenvalue weighted by atomic mass is 9.83. The molecule has 2 aliphatic rings. The Hall–Kier alpha value is -5.09. The lowest BCUT2D eigenvalue weighted by molar-refractivity contribution is -0.149. The van der Waals surface area contributed by atoms with Gasteiger partial charge in [-0.2, -0.15) is 0 Å². The van der Waals surface area contributed by atoms with Crippen LogP contribution in [-0.4, -0.2) is 63.7 Å². The highest BCUT2D eigenvalue weighted by Crippen LogP contribution is 2.35. The van der Waals surface area contributed by atoms with Gasteiger partial charge in [0.05, 0.1) is 5.69 Å². The number of nitrogens with zero attached hydrogens (tertiary/aromatic N) is 3. The van der Waals surface area contributed by atoms with Crippen molar-refractivity contribution in [2.75, 3.05) is 31.1 Å². The van der Waals surface area contributed by atoms with Crippen LogP contribution in [0.15, 0.2) is 91.0 Å². The van der Waals surface area contributed by atoms with Gasteiger partial charge in [-0.3, -0.25) is 29.7 Å². The van der Waals surface area contributed by atoms with Gasteiger partial charge in [-0.05, 0) is 41.0 Å². The van der Waals surface area contributed by atoms with E-state index >= 15 is 0 Å². The minimum Gasteiger partial charge on any atom is -0.494 e. The van der Waals surface area contributed by atoms with Crippen molar-refractivity contribution in [3.8, 4) is 28.6 Å².